The van der Waals surface area contributed by atoms with Crippen molar-refractivity contribution in [3.8, 4) is 22.4 Å². The summed E-state index contributed by atoms with van der Waals surface area (Å²) in [6.07, 6.45) is 6.73. The van der Waals surface area contributed by atoms with Gasteiger partial charge in [0.05, 0.1) is 5.56 Å². The molecule has 0 aliphatic heterocycles. The van der Waals surface area contributed by atoms with E-state index in [0.29, 0.717) is 0 Å². The molecular weight excluding hydrogens is 549 g/mol. The van der Waals surface area contributed by atoms with Gasteiger partial charge in [0.25, 0.3) is 0 Å². The molecule has 1 nitrogen and oxygen atoms in total. The van der Waals surface area contributed by atoms with Gasteiger partial charge in [0.15, 0.2) is 6.20 Å². The molecule has 36 heavy (non-hydrogen) atoms. The highest BCUT2D eigenvalue weighted by atomic mass is 127. The summed E-state index contributed by atoms with van der Waals surface area (Å²) in [5, 5.41) is 0. The van der Waals surface area contributed by atoms with Gasteiger partial charge in [0.1, 0.15) is 7.05 Å². The molecule has 2 heteroatoms. The minimum atomic E-state index is 0. The van der Waals surface area contributed by atoms with E-state index in [1.165, 1.54) is 44.6 Å². The standard InChI is InChI=1S/C34H38N.HI/c1-33(2,3)29-19-14-25(15-20-29)13-16-28-23-32(27-17-21-30(22-18-27)34(4,5)6)35(7)24-31(28)26-11-9-8-10-12-26;/h8-24H,1-7H3;1H/q+1;/p-1/b16-13+;. The lowest BCUT2D eigenvalue weighted by atomic mass is 9.86. The first-order chi connectivity index (χ1) is 16.5. The summed E-state index contributed by atoms with van der Waals surface area (Å²) < 4.78 is 2.24. The van der Waals surface area contributed by atoms with E-state index in [2.05, 4.69) is 156 Å². The predicted molar refractivity (Wildman–Crippen MR) is 151 cm³/mol. The first kappa shape index (κ1) is 27.9. The van der Waals surface area contributed by atoms with E-state index in [9.17, 15) is 0 Å². The summed E-state index contributed by atoms with van der Waals surface area (Å²) >= 11 is 0. The van der Waals surface area contributed by atoms with Gasteiger partial charge in [-0.2, -0.15) is 0 Å². The van der Waals surface area contributed by atoms with E-state index >= 15 is 0 Å². The van der Waals surface area contributed by atoms with E-state index in [4.69, 9.17) is 0 Å². The smallest absolute Gasteiger partial charge is 0.212 e. The van der Waals surface area contributed by atoms with E-state index in [1.54, 1.807) is 0 Å². The minimum Gasteiger partial charge on any atom is -1.00 e. The van der Waals surface area contributed by atoms with E-state index in [-0.39, 0.29) is 34.8 Å². The van der Waals surface area contributed by atoms with Gasteiger partial charge in [-0.05, 0) is 50.8 Å². The first-order valence-corrected chi connectivity index (χ1v) is 12.5. The lowest BCUT2D eigenvalue weighted by molar-refractivity contribution is -0.659. The quantitative estimate of drug-likeness (QED) is 0.216. The summed E-state index contributed by atoms with van der Waals surface area (Å²) in [7, 11) is 2.14. The first-order valence-electron chi connectivity index (χ1n) is 12.5. The molecule has 0 radical (unpaired) electrons. The molecule has 4 aromatic rings. The fraction of sp³-hybridized carbons (Fsp3) is 0.265. The maximum absolute atomic E-state index is 2.31. The van der Waals surface area contributed by atoms with Crippen molar-refractivity contribution in [3.05, 3.63) is 113 Å². The topological polar surface area (TPSA) is 3.88 Å². The maximum atomic E-state index is 2.31. The van der Waals surface area contributed by atoms with Gasteiger partial charge in [0.2, 0.25) is 5.69 Å². The second-order valence-corrected chi connectivity index (χ2v) is 11.5. The Morgan fingerprint density at radius 3 is 1.67 bits per heavy atom. The van der Waals surface area contributed by atoms with Crippen LogP contribution < -0.4 is 28.5 Å². The van der Waals surface area contributed by atoms with Crippen LogP contribution in [-0.2, 0) is 17.9 Å². The van der Waals surface area contributed by atoms with E-state index in [1.807, 2.05) is 0 Å². The van der Waals surface area contributed by atoms with Gasteiger partial charge in [-0.1, -0.05) is 120 Å². The molecular formula is C34H38IN. The Bertz CT molecular complexity index is 1320. The zero-order valence-corrected chi connectivity index (χ0v) is 24.8. The number of aromatic nitrogens is 1. The molecule has 0 aliphatic rings. The van der Waals surface area contributed by atoms with Crippen LogP contribution in [0.15, 0.2) is 91.1 Å². The van der Waals surface area contributed by atoms with Crippen LogP contribution >= 0.6 is 0 Å². The third-order valence-corrected chi connectivity index (χ3v) is 6.67. The number of nitrogens with zero attached hydrogens (tertiary/aromatic N) is 1. The highest BCUT2D eigenvalue weighted by molar-refractivity contribution is 5.81. The van der Waals surface area contributed by atoms with Crippen LogP contribution in [0.4, 0.5) is 0 Å². The van der Waals surface area contributed by atoms with Crippen LogP contribution in [0, 0.1) is 0 Å². The molecule has 1 aromatic heterocycles. The molecule has 0 bridgehead atoms. The molecule has 1 heterocycles. The summed E-state index contributed by atoms with van der Waals surface area (Å²) in [4.78, 5) is 0. The number of pyridine rings is 1. The summed E-state index contributed by atoms with van der Waals surface area (Å²) in [5.74, 6) is 0. The maximum Gasteiger partial charge on any atom is 0.212 e. The van der Waals surface area contributed by atoms with Crippen LogP contribution in [0.2, 0.25) is 0 Å². The number of benzene rings is 3. The van der Waals surface area contributed by atoms with Crippen molar-refractivity contribution in [1.82, 2.24) is 0 Å². The fourth-order valence-corrected chi connectivity index (χ4v) is 4.37. The van der Waals surface area contributed by atoms with Crippen LogP contribution in [0.25, 0.3) is 34.5 Å². The molecule has 0 fully saturated rings. The van der Waals surface area contributed by atoms with E-state index < -0.39 is 0 Å². The predicted octanol–water partition coefficient (Wildman–Crippen LogP) is 5.61. The second kappa shape index (κ2) is 11.1. The van der Waals surface area contributed by atoms with Gasteiger partial charge < -0.3 is 24.0 Å². The average Bonchev–Trinajstić information content (AvgIpc) is 2.83. The molecule has 0 saturated carbocycles. The monoisotopic (exact) mass is 587 g/mol. The van der Waals surface area contributed by atoms with Gasteiger partial charge in [0, 0.05) is 11.6 Å². The van der Waals surface area contributed by atoms with Crippen molar-refractivity contribution in [1.29, 1.82) is 0 Å². The zero-order valence-electron chi connectivity index (χ0n) is 22.6. The number of aryl methyl sites for hydroxylation is 1. The number of halogens is 1. The van der Waals surface area contributed by atoms with Gasteiger partial charge >= 0.3 is 0 Å². The van der Waals surface area contributed by atoms with Crippen molar-refractivity contribution in [2.75, 3.05) is 0 Å². The Morgan fingerprint density at radius 1 is 0.611 bits per heavy atom. The third-order valence-electron chi connectivity index (χ3n) is 6.67. The molecule has 0 aliphatic carbocycles. The lowest BCUT2D eigenvalue weighted by Crippen LogP contribution is -3.00. The van der Waals surface area contributed by atoms with Crippen molar-refractivity contribution in [2.24, 2.45) is 7.05 Å². The lowest BCUT2D eigenvalue weighted by Gasteiger charge is -2.19. The molecule has 0 amide bonds. The molecule has 0 N–H and O–H groups in total. The SMILES string of the molecule is C[n+]1cc(-c2ccccc2)c(/C=C/c2ccc(C(C)(C)C)cc2)cc1-c1ccc(C(C)(C)C)cc1.[I-]. The Labute approximate surface area is 235 Å². The van der Waals surface area contributed by atoms with Gasteiger partial charge in [-0.3, -0.25) is 0 Å². The second-order valence-electron chi connectivity index (χ2n) is 11.5. The average molecular weight is 588 g/mol. The van der Waals surface area contributed by atoms with Crippen molar-refractivity contribution < 1.29 is 28.5 Å². The fourth-order valence-electron chi connectivity index (χ4n) is 4.37. The molecule has 0 atom stereocenters. The molecule has 4 rings (SSSR count). The van der Waals surface area contributed by atoms with Crippen LogP contribution in [-0.4, -0.2) is 0 Å². The Hall–Kier alpha value is -2.72. The van der Waals surface area contributed by atoms with Crippen LogP contribution in [0.5, 0.6) is 0 Å². The summed E-state index contributed by atoms with van der Waals surface area (Å²) in [6.45, 7) is 13.5. The zero-order chi connectivity index (χ0) is 25.2. The minimum absolute atomic E-state index is 0. The molecule has 186 valence electrons. The van der Waals surface area contributed by atoms with Crippen molar-refractivity contribution in [3.63, 3.8) is 0 Å². The number of hydrogen-bond acceptors (Lipinski definition) is 0. The van der Waals surface area contributed by atoms with E-state index in [0.717, 1.165) is 0 Å². The molecule has 0 spiro atoms. The number of rotatable bonds is 4. The van der Waals surface area contributed by atoms with Gasteiger partial charge in [-0.15, -0.1) is 0 Å². The summed E-state index contributed by atoms with van der Waals surface area (Å²) in [5.41, 5.74) is 10.3. The van der Waals surface area contributed by atoms with Crippen LogP contribution in [0.1, 0.15) is 63.8 Å². The third kappa shape index (κ3) is 6.53. The Balaban J connectivity index is 0.00000361. The Morgan fingerprint density at radius 2 is 1.14 bits per heavy atom. The molecule has 0 unspecified atom stereocenters. The number of hydrogen-bond donors (Lipinski definition) is 0. The van der Waals surface area contributed by atoms with Crippen LogP contribution in [0.3, 0.4) is 0 Å². The highest BCUT2D eigenvalue weighted by Crippen LogP contribution is 2.30. The summed E-state index contributed by atoms with van der Waals surface area (Å²) in [6, 6.07) is 30.9. The van der Waals surface area contributed by atoms with Crippen molar-refractivity contribution >= 4 is 12.2 Å². The largest absolute Gasteiger partial charge is 1.00 e. The molecule has 0 saturated heterocycles. The highest BCUT2D eigenvalue weighted by Gasteiger charge is 2.18. The molecule has 3 aromatic carbocycles. The van der Waals surface area contributed by atoms with Gasteiger partial charge in [-0.25, -0.2) is 4.57 Å². The Kier molecular flexibility index (Phi) is 8.61. The van der Waals surface area contributed by atoms with Crippen molar-refractivity contribution in [2.45, 2.75) is 52.4 Å². The normalized spacial score (nSPS) is 12.0.